The molecule has 0 atom stereocenters. The largest absolute Gasteiger partial charge is 0.481 e. The van der Waals surface area contributed by atoms with Crippen LogP contribution in [0.3, 0.4) is 0 Å². The van der Waals surface area contributed by atoms with Gasteiger partial charge in [-0.05, 0) is 18.2 Å². The Bertz CT molecular complexity index is 806. The second kappa shape index (κ2) is 5.74. The number of thiocarbonyl (C=S) groups is 1. The van der Waals surface area contributed by atoms with Gasteiger partial charge in [0, 0.05) is 17.8 Å². The van der Waals surface area contributed by atoms with Gasteiger partial charge in [0.05, 0.1) is 16.9 Å². The second-order valence-corrected chi connectivity index (χ2v) is 6.46. The molecule has 2 amide bonds. The van der Waals surface area contributed by atoms with Gasteiger partial charge >= 0.3 is 5.97 Å². The predicted molar refractivity (Wildman–Crippen MR) is 86.1 cm³/mol. The van der Waals surface area contributed by atoms with Crippen molar-refractivity contribution >= 4 is 57.3 Å². The fourth-order valence-corrected chi connectivity index (χ4v) is 3.70. The molecule has 1 aromatic rings. The Morgan fingerprint density at radius 3 is 2.83 bits per heavy atom. The highest BCUT2D eigenvalue weighted by atomic mass is 32.2. The van der Waals surface area contributed by atoms with E-state index in [0.29, 0.717) is 11.3 Å². The number of thioether (sulfide) groups is 1. The van der Waals surface area contributed by atoms with Crippen LogP contribution in [0.2, 0.25) is 0 Å². The maximum absolute atomic E-state index is 13.5. The average molecular weight is 352 g/mol. The number of hydrogen-bond donors (Lipinski definition) is 2. The maximum Gasteiger partial charge on any atom is 0.305 e. The highest BCUT2D eigenvalue weighted by Crippen LogP contribution is 2.42. The second-order valence-electron chi connectivity index (χ2n) is 4.82. The van der Waals surface area contributed by atoms with Crippen molar-refractivity contribution in [2.24, 2.45) is 0 Å². The first kappa shape index (κ1) is 15.6. The van der Waals surface area contributed by atoms with Crippen molar-refractivity contribution in [1.82, 2.24) is 4.90 Å². The van der Waals surface area contributed by atoms with Gasteiger partial charge in [-0.15, -0.1) is 0 Å². The molecule has 0 unspecified atom stereocenters. The van der Waals surface area contributed by atoms with E-state index in [4.69, 9.17) is 17.3 Å². The van der Waals surface area contributed by atoms with Gasteiger partial charge in [-0.1, -0.05) is 24.0 Å². The zero-order valence-electron chi connectivity index (χ0n) is 11.5. The molecule has 2 heterocycles. The quantitative estimate of drug-likeness (QED) is 0.637. The molecule has 1 saturated heterocycles. The van der Waals surface area contributed by atoms with Gasteiger partial charge in [-0.3, -0.25) is 19.3 Å². The lowest BCUT2D eigenvalue weighted by Gasteiger charge is -2.12. The molecule has 1 fully saturated rings. The Labute approximate surface area is 139 Å². The number of carboxylic acids is 1. The van der Waals surface area contributed by atoms with Gasteiger partial charge in [0.1, 0.15) is 10.1 Å². The number of nitrogens with one attached hydrogen (secondary N) is 1. The first-order valence-corrected chi connectivity index (χ1v) is 7.72. The normalized spacial score (nSPS) is 20.0. The van der Waals surface area contributed by atoms with E-state index in [1.54, 1.807) is 0 Å². The van der Waals surface area contributed by atoms with Crippen LogP contribution in [0.15, 0.2) is 23.1 Å². The van der Waals surface area contributed by atoms with Gasteiger partial charge < -0.3 is 10.4 Å². The Hall–Kier alpha value is -2.26. The standard InChI is InChI=1S/C14H9FN2O4S2/c15-6-1-2-8-7(5-6)10(12(20)16-8)11-13(21)17(14(22)23-11)4-3-9(18)19/h1-2,5H,3-4H2,(H,16,20)(H,18,19). The van der Waals surface area contributed by atoms with Crippen LogP contribution in [0.25, 0.3) is 5.57 Å². The number of anilines is 1. The molecule has 3 rings (SSSR count). The van der Waals surface area contributed by atoms with Crippen molar-refractivity contribution in [2.75, 3.05) is 11.9 Å². The number of aliphatic carboxylic acids is 1. The highest BCUT2D eigenvalue weighted by molar-refractivity contribution is 8.26. The summed E-state index contributed by atoms with van der Waals surface area (Å²) in [5.74, 6) is -2.63. The van der Waals surface area contributed by atoms with Crippen molar-refractivity contribution in [3.05, 3.63) is 34.5 Å². The third kappa shape index (κ3) is 2.73. The third-order valence-electron chi connectivity index (χ3n) is 3.35. The number of halogens is 1. The van der Waals surface area contributed by atoms with Crippen LogP contribution in [0, 0.1) is 5.82 Å². The molecular weight excluding hydrogens is 343 g/mol. The van der Waals surface area contributed by atoms with Crippen LogP contribution in [-0.4, -0.2) is 38.7 Å². The van der Waals surface area contributed by atoms with E-state index in [9.17, 15) is 18.8 Å². The summed E-state index contributed by atoms with van der Waals surface area (Å²) >= 11 is 6.00. The molecule has 9 heteroatoms. The van der Waals surface area contributed by atoms with E-state index in [1.807, 2.05) is 0 Å². The van der Waals surface area contributed by atoms with Crippen molar-refractivity contribution in [2.45, 2.75) is 6.42 Å². The lowest BCUT2D eigenvalue weighted by atomic mass is 10.1. The molecule has 0 spiro atoms. The summed E-state index contributed by atoms with van der Waals surface area (Å²) in [6.45, 7) is -0.0750. The van der Waals surface area contributed by atoms with Crippen molar-refractivity contribution in [3.63, 3.8) is 0 Å². The molecule has 1 aromatic carbocycles. The summed E-state index contributed by atoms with van der Waals surface area (Å²) in [6.07, 6.45) is -0.257. The van der Waals surface area contributed by atoms with Gasteiger partial charge in [-0.2, -0.15) is 0 Å². The zero-order valence-corrected chi connectivity index (χ0v) is 13.1. The molecule has 0 radical (unpaired) electrons. The fraction of sp³-hybridized carbons (Fsp3) is 0.143. The minimum atomic E-state index is -1.06. The number of carboxylic acid groups (broad SMARTS) is 1. The Kier molecular flexibility index (Phi) is 3.90. The van der Waals surface area contributed by atoms with E-state index in [0.717, 1.165) is 16.7 Å². The molecule has 0 bridgehead atoms. The average Bonchev–Trinajstić information content (AvgIpc) is 2.93. The fourth-order valence-electron chi connectivity index (χ4n) is 2.31. The maximum atomic E-state index is 13.5. The van der Waals surface area contributed by atoms with E-state index >= 15 is 0 Å². The minimum absolute atomic E-state index is 0.0645. The number of hydrogen-bond acceptors (Lipinski definition) is 5. The number of nitrogens with zero attached hydrogens (tertiary/aromatic N) is 1. The molecule has 23 heavy (non-hydrogen) atoms. The molecule has 0 saturated carbocycles. The lowest BCUT2D eigenvalue weighted by Crippen LogP contribution is -2.30. The van der Waals surface area contributed by atoms with Crippen LogP contribution < -0.4 is 5.32 Å². The van der Waals surface area contributed by atoms with Crippen LogP contribution in [-0.2, 0) is 14.4 Å². The van der Waals surface area contributed by atoms with E-state index in [1.165, 1.54) is 18.2 Å². The lowest BCUT2D eigenvalue weighted by molar-refractivity contribution is -0.137. The van der Waals surface area contributed by atoms with Crippen LogP contribution in [0.1, 0.15) is 12.0 Å². The van der Waals surface area contributed by atoms with Crippen molar-refractivity contribution < 1.29 is 23.9 Å². The molecule has 2 aliphatic rings. The van der Waals surface area contributed by atoms with Crippen LogP contribution >= 0.6 is 24.0 Å². The number of amides is 2. The summed E-state index contributed by atoms with van der Waals surface area (Å²) in [5, 5.41) is 11.3. The number of carbonyl (C=O) groups excluding carboxylic acids is 2. The van der Waals surface area contributed by atoms with Gasteiger partial charge in [0.2, 0.25) is 0 Å². The molecular formula is C14H9FN2O4S2. The number of benzene rings is 1. The third-order valence-corrected chi connectivity index (χ3v) is 4.80. The summed E-state index contributed by atoms with van der Waals surface area (Å²) < 4.78 is 13.6. The molecule has 0 aliphatic carbocycles. The molecule has 0 aromatic heterocycles. The monoisotopic (exact) mass is 352 g/mol. The SMILES string of the molecule is O=C(O)CCN1C(=O)C(=C2C(=O)Nc3ccc(F)cc32)SC1=S. The van der Waals surface area contributed by atoms with Gasteiger partial charge in [0.15, 0.2) is 0 Å². The number of fused-ring (bicyclic) bond motifs is 1. The summed E-state index contributed by atoms with van der Waals surface area (Å²) in [5.41, 5.74) is 0.783. The zero-order chi connectivity index (χ0) is 16.7. The van der Waals surface area contributed by atoms with Crippen LogP contribution in [0.5, 0.6) is 0 Å². The smallest absolute Gasteiger partial charge is 0.305 e. The molecule has 118 valence electrons. The highest BCUT2D eigenvalue weighted by Gasteiger charge is 2.39. The predicted octanol–water partition coefficient (Wildman–Crippen LogP) is 1.82. The Morgan fingerprint density at radius 1 is 1.39 bits per heavy atom. The van der Waals surface area contributed by atoms with Crippen LogP contribution in [0.4, 0.5) is 10.1 Å². The van der Waals surface area contributed by atoms with Crippen molar-refractivity contribution in [3.8, 4) is 0 Å². The van der Waals surface area contributed by atoms with Gasteiger partial charge in [-0.25, -0.2) is 4.39 Å². The van der Waals surface area contributed by atoms with E-state index in [2.05, 4.69) is 5.32 Å². The van der Waals surface area contributed by atoms with Crippen molar-refractivity contribution in [1.29, 1.82) is 0 Å². The summed E-state index contributed by atoms with van der Waals surface area (Å²) in [4.78, 5) is 36.5. The number of carbonyl (C=O) groups is 3. The minimum Gasteiger partial charge on any atom is -0.481 e. The number of rotatable bonds is 3. The van der Waals surface area contributed by atoms with E-state index in [-0.39, 0.29) is 27.8 Å². The first-order chi connectivity index (χ1) is 10.9. The van der Waals surface area contributed by atoms with E-state index < -0.39 is 23.6 Å². The Balaban J connectivity index is 2.01. The first-order valence-electron chi connectivity index (χ1n) is 6.49. The summed E-state index contributed by atoms with van der Waals surface area (Å²) in [7, 11) is 0. The Morgan fingerprint density at radius 2 is 2.13 bits per heavy atom. The molecule has 6 nitrogen and oxygen atoms in total. The topological polar surface area (TPSA) is 86.7 Å². The molecule has 2 N–H and O–H groups in total. The van der Waals surface area contributed by atoms with Gasteiger partial charge in [0.25, 0.3) is 11.8 Å². The molecule has 2 aliphatic heterocycles. The summed E-state index contributed by atoms with van der Waals surface area (Å²) in [6, 6.07) is 3.80.